The third-order valence-electron chi connectivity index (χ3n) is 3.30. The van der Waals surface area contributed by atoms with Crippen molar-refractivity contribution >= 4 is 16.0 Å². The normalized spacial score (nSPS) is 11.1. The van der Waals surface area contributed by atoms with Gasteiger partial charge in [-0.3, -0.25) is 4.79 Å². The molecule has 2 rings (SSSR count). The van der Waals surface area contributed by atoms with E-state index in [1.54, 1.807) is 12.1 Å². The van der Waals surface area contributed by atoms with Crippen LogP contribution in [0.5, 0.6) is 5.75 Å². The topological polar surface area (TPSA) is 87.5 Å². The molecule has 124 valence electrons. The number of carbonyl (C=O) groups excluding carboxylic acids is 1. The summed E-state index contributed by atoms with van der Waals surface area (Å²) < 4.78 is 30.8. The first-order valence-electron chi connectivity index (χ1n) is 7.07. The standard InChI is InChI=1S/C17H16N2O4S/c1-13-3-9-16(10-4-13)24(21,22)19(2)12-17(20)23-15-7-5-14(11-18)6-8-15/h3-10H,12H2,1-2H3. The summed E-state index contributed by atoms with van der Waals surface area (Å²) in [5, 5.41) is 8.71. The molecule has 0 N–H and O–H groups in total. The number of rotatable bonds is 5. The van der Waals surface area contributed by atoms with Crippen LogP contribution < -0.4 is 4.74 Å². The van der Waals surface area contributed by atoms with Crippen LogP contribution >= 0.6 is 0 Å². The largest absolute Gasteiger partial charge is 0.426 e. The number of aryl methyl sites for hydroxylation is 1. The van der Waals surface area contributed by atoms with Gasteiger partial charge in [-0.1, -0.05) is 17.7 Å². The highest BCUT2D eigenvalue weighted by molar-refractivity contribution is 7.89. The molecular weight excluding hydrogens is 328 g/mol. The van der Waals surface area contributed by atoms with E-state index in [0.717, 1.165) is 9.87 Å². The number of benzene rings is 2. The zero-order valence-electron chi connectivity index (χ0n) is 13.3. The van der Waals surface area contributed by atoms with Crippen molar-refractivity contribution in [3.63, 3.8) is 0 Å². The van der Waals surface area contributed by atoms with Crippen molar-refractivity contribution in [2.45, 2.75) is 11.8 Å². The second-order valence-electron chi connectivity index (χ2n) is 5.18. The molecule has 0 fully saturated rings. The van der Waals surface area contributed by atoms with E-state index in [4.69, 9.17) is 10.00 Å². The molecule has 0 aromatic heterocycles. The Morgan fingerprint density at radius 2 is 1.71 bits per heavy atom. The lowest BCUT2D eigenvalue weighted by Gasteiger charge is -2.16. The highest BCUT2D eigenvalue weighted by atomic mass is 32.2. The van der Waals surface area contributed by atoms with E-state index in [0.29, 0.717) is 5.56 Å². The Bertz CT molecular complexity index is 866. The number of sulfonamides is 1. The Kier molecular flexibility index (Phi) is 5.34. The van der Waals surface area contributed by atoms with Crippen LogP contribution in [0.25, 0.3) is 0 Å². The molecule has 0 atom stereocenters. The minimum atomic E-state index is -3.76. The number of esters is 1. The van der Waals surface area contributed by atoms with Gasteiger partial charge in [0.15, 0.2) is 0 Å². The maximum absolute atomic E-state index is 12.4. The van der Waals surface area contributed by atoms with Crippen molar-refractivity contribution in [1.29, 1.82) is 5.26 Å². The van der Waals surface area contributed by atoms with Gasteiger partial charge in [-0.2, -0.15) is 9.57 Å². The van der Waals surface area contributed by atoms with E-state index in [9.17, 15) is 13.2 Å². The third kappa shape index (κ3) is 4.19. The molecule has 0 saturated heterocycles. The van der Waals surface area contributed by atoms with Crippen molar-refractivity contribution in [2.75, 3.05) is 13.6 Å². The van der Waals surface area contributed by atoms with Crippen molar-refractivity contribution in [2.24, 2.45) is 0 Å². The number of likely N-dealkylation sites (N-methyl/N-ethyl adjacent to an activating group) is 1. The predicted octanol–water partition coefficient (Wildman–Crippen LogP) is 2.09. The fourth-order valence-corrected chi connectivity index (χ4v) is 3.03. The van der Waals surface area contributed by atoms with Crippen LogP contribution in [0.2, 0.25) is 0 Å². The first kappa shape index (κ1) is 17.7. The maximum Gasteiger partial charge on any atom is 0.326 e. The van der Waals surface area contributed by atoms with Crippen molar-refractivity contribution < 1.29 is 17.9 Å². The molecule has 7 heteroatoms. The fraction of sp³-hybridized carbons (Fsp3) is 0.176. The summed E-state index contributed by atoms with van der Waals surface area (Å²) >= 11 is 0. The third-order valence-corrected chi connectivity index (χ3v) is 5.11. The second kappa shape index (κ2) is 7.25. The van der Waals surface area contributed by atoms with Crippen LogP contribution in [0.3, 0.4) is 0 Å². The molecule has 0 aliphatic heterocycles. The molecule has 2 aromatic carbocycles. The number of hydrogen-bond donors (Lipinski definition) is 0. The number of nitrogens with zero attached hydrogens (tertiary/aromatic N) is 2. The van der Waals surface area contributed by atoms with E-state index in [-0.39, 0.29) is 10.6 Å². The van der Waals surface area contributed by atoms with Gasteiger partial charge >= 0.3 is 5.97 Å². The summed E-state index contributed by atoms with van der Waals surface area (Å²) in [7, 11) is -2.45. The number of hydrogen-bond acceptors (Lipinski definition) is 5. The summed E-state index contributed by atoms with van der Waals surface area (Å²) in [6.45, 7) is 1.44. The Labute approximate surface area is 141 Å². The average Bonchev–Trinajstić information content (AvgIpc) is 2.55. The average molecular weight is 344 g/mol. The lowest BCUT2D eigenvalue weighted by atomic mass is 10.2. The van der Waals surface area contributed by atoms with Crippen LogP contribution in [-0.2, 0) is 14.8 Å². The molecule has 2 aromatic rings. The molecule has 0 radical (unpaired) electrons. The summed E-state index contributed by atoms with van der Waals surface area (Å²) in [6, 6.07) is 14.3. The Balaban J connectivity index is 2.04. The van der Waals surface area contributed by atoms with Gasteiger partial charge in [0, 0.05) is 7.05 Å². The first-order valence-corrected chi connectivity index (χ1v) is 8.51. The van der Waals surface area contributed by atoms with Gasteiger partial charge in [-0.05, 0) is 43.3 Å². The van der Waals surface area contributed by atoms with Crippen LogP contribution in [-0.4, -0.2) is 32.3 Å². The van der Waals surface area contributed by atoms with Crippen molar-refractivity contribution in [1.82, 2.24) is 4.31 Å². The Hall–Kier alpha value is -2.69. The number of carbonyl (C=O) groups is 1. The molecule has 0 spiro atoms. The lowest BCUT2D eigenvalue weighted by molar-refractivity contribution is -0.134. The summed E-state index contributed by atoms with van der Waals surface area (Å²) in [4.78, 5) is 12.0. The molecule has 0 heterocycles. The number of ether oxygens (including phenoxy) is 1. The Morgan fingerprint density at radius 1 is 1.12 bits per heavy atom. The molecule has 0 bridgehead atoms. The van der Waals surface area contributed by atoms with Gasteiger partial charge in [0.25, 0.3) is 0 Å². The van der Waals surface area contributed by atoms with E-state index in [2.05, 4.69) is 0 Å². The Morgan fingerprint density at radius 3 is 2.25 bits per heavy atom. The molecule has 0 amide bonds. The lowest BCUT2D eigenvalue weighted by Crippen LogP contribution is -2.34. The molecule has 0 saturated carbocycles. The summed E-state index contributed by atoms with van der Waals surface area (Å²) in [5.41, 5.74) is 1.38. The van der Waals surface area contributed by atoms with Gasteiger partial charge in [-0.25, -0.2) is 8.42 Å². The zero-order valence-corrected chi connectivity index (χ0v) is 14.1. The first-order chi connectivity index (χ1) is 11.3. The van der Waals surface area contributed by atoms with Gasteiger partial charge in [-0.15, -0.1) is 0 Å². The molecule has 0 aliphatic rings. The zero-order chi connectivity index (χ0) is 17.7. The maximum atomic E-state index is 12.4. The summed E-state index contributed by atoms with van der Waals surface area (Å²) in [6.07, 6.45) is 0. The van der Waals surface area contributed by atoms with Crippen LogP contribution in [0.15, 0.2) is 53.4 Å². The van der Waals surface area contributed by atoms with E-state index in [1.807, 2.05) is 13.0 Å². The fourth-order valence-electron chi connectivity index (χ4n) is 1.92. The molecule has 0 aliphatic carbocycles. The quantitative estimate of drug-likeness (QED) is 0.612. The SMILES string of the molecule is Cc1ccc(S(=O)(=O)N(C)CC(=O)Oc2ccc(C#N)cc2)cc1. The van der Waals surface area contributed by atoms with E-state index >= 15 is 0 Å². The highest BCUT2D eigenvalue weighted by Crippen LogP contribution is 2.16. The molecule has 6 nitrogen and oxygen atoms in total. The summed E-state index contributed by atoms with van der Waals surface area (Å²) in [5.74, 6) is -0.460. The van der Waals surface area contributed by atoms with Crippen LogP contribution in [0, 0.1) is 18.3 Å². The minimum absolute atomic E-state index is 0.113. The van der Waals surface area contributed by atoms with Crippen LogP contribution in [0.1, 0.15) is 11.1 Å². The van der Waals surface area contributed by atoms with Gasteiger partial charge in [0.2, 0.25) is 10.0 Å². The van der Waals surface area contributed by atoms with Gasteiger partial charge in [0.05, 0.1) is 16.5 Å². The van der Waals surface area contributed by atoms with E-state index < -0.39 is 22.5 Å². The molecular formula is C17H16N2O4S. The number of nitriles is 1. The predicted molar refractivity (Wildman–Crippen MR) is 87.8 cm³/mol. The molecule has 24 heavy (non-hydrogen) atoms. The van der Waals surface area contributed by atoms with Crippen molar-refractivity contribution in [3.8, 4) is 11.8 Å². The van der Waals surface area contributed by atoms with E-state index in [1.165, 1.54) is 43.4 Å². The monoisotopic (exact) mass is 344 g/mol. The van der Waals surface area contributed by atoms with Gasteiger partial charge in [0.1, 0.15) is 12.3 Å². The molecule has 0 unspecified atom stereocenters. The van der Waals surface area contributed by atoms with Crippen LogP contribution in [0.4, 0.5) is 0 Å². The highest BCUT2D eigenvalue weighted by Gasteiger charge is 2.23. The second-order valence-corrected chi connectivity index (χ2v) is 7.23. The minimum Gasteiger partial charge on any atom is -0.426 e. The van der Waals surface area contributed by atoms with Crippen molar-refractivity contribution in [3.05, 3.63) is 59.7 Å². The van der Waals surface area contributed by atoms with Gasteiger partial charge < -0.3 is 4.74 Å². The smallest absolute Gasteiger partial charge is 0.326 e.